The van der Waals surface area contributed by atoms with Gasteiger partial charge in [-0.05, 0) is 39.7 Å². The van der Waals surface area contributed by atoms with Crippen LogP contribution >= 0.6 is 0 Å². The minimum absolute atomic E-state index is 0.558. The molecule has 2 heterocycles. The molecular weight excluding hydrogens is 248 g/mol. The van der Waals surface area contributed by atoms with Gasteiger partial charge in [0.1, 0.15) is 6.17 Å². The van der Waals surface area contributed by atoms with Gasteiger partial charge in [-0.15, -0.1) is 0 Å². The molecule has 2 aliphatic heterocycles. The van der Waals surface area contributed by atoms with E-state index in [0.717, 1.165) is 17.9 Å². The fraction of sp³-hybridized carbons (Fsp3) is 0.938. The summed E-state index contributed by atoms with van der Waals surface area (Å²) in [6, 6.07) is 1.37. The van der Waals surface area contributed by atoms with Crippen molar-refractivity contribution < 1.29 is 5.32 Å². The van der Waals surface area contributed by atoms with Crippen molar-refractivity contribution in [2.24, 2.45) is 16.8 Å². The average Bonchev–Trinajstić information content (AvgIpc) is 2.80. The summed E-state index contributed by atoms with van der Waals surface area (Å²) in [7, 11) is 6.53. The first-order valence-electron chi connectivity index (χ1n) is 8.35. The van der Waals surface area contributed by atoms with Gasteiger partial charge in [0.25, 0.3) is 0 Å². The van der Waals surface area contributed by atoms with E-state index in [0.29, 0.717) is 12.2 Å². The highest BCUT2D eigenvalue weighted by Crippen LogP contribution is 2.38. The van der Waals surface area contributed by atoms with Gasteiger partial charge in [0.15, 0.2) is 0 Å². The van der Waals surface area contributed by atoms with E-state index in [1.54, 1.807) is 0 Å². The molecule has 1 saturated carbocycles. The Bertz CT molecular complexity index is 375. The fourth-order valence-corrected chi connectivity index (χ4v) is 4.61. The summed E-state index contributed by atoms with van der Waals surface area (Å²) in [5.74, 6) is 2.77. The second kappa shape index (κ2) is 5.64. The van der Waals surface area contributed by atoms with E-state index in [2.05, 4.69) is 43.2 Å². The van der Waals surface area contributed by atoms with Gasteiger partial charge in [-0.25, -0.2) is 0 Å². The van der Waals surface area contributed by atoms with Crippen molar-refractivity contribution in [2.45, 2.75) is 57.3 Å². The largest absolute Gasteiger partial charge is 0.367 e. The molecule has 4 nitrogen and oxygen atoms in total. The summed E-state index contributed by atoms with van der Waals surface area (Å²) in [4.78, 5) is 9.92. The van der Waals surface area contributed by atoms with Crippen LogP contribution in [0, 0.1) is 11.8 Å². The van der Waals surface area contributed by atoms with Gasteiger partial charge in [-0.2, -0.15) is 0 Å². The molecule has 3 aliphatic rings. The molecule has 0 aromatic heterocycles. The van der Waals surface area contributed by atoms with Crippen LogP contribution in [0.25, 0.3) is 0 Å². The number of fused-ring (bicyclic) bond motifs is 2. The third kappa shape index (κ3) is 2.48. The van der Waals surface area contributed by atoms with Crippen LogP contribution in [0.5, 0.6) is 0 Å². The fourth-order valence-electron chi connectivity index (χ4n) is 4.61. The molecule has 2 saturated heterocycles. The smallest absolute Gasteiger partial charge is 0.147 e. The second-order valence-corrected chi connectivity index (χ2v) is 7.29. The molecule has 0 radical (unpaired) electrons. The van der Waals surface area contributed by atoms with Gasteiger partial charge in [-0.3, -0.25) is 9.89 Å². The van der Waals surface area contributed by atoms with Crippen molar-refractivity contribution in [1.82, 2.24) is 9.80 Å². The van der Waals surface area contributed by atoms with Crippen LogP contribution in [0.15, 0.2) is 4.99 Å². The standard InChI is InChI=1S/C16H30N4/c1-11(19(2)3)17-15-12-7-5-6-8-14(12)18-16-13(15)9-10-20(16)4/h12-16,18H,5-10H2,1-4H3/p+1. The van der Waals surface area contributed by atoms with Crippen LogP contribution in [0.1, 0.15) is 39.0 Å². The zero-order valence-corrected chi connectivity index (χ0v) is 13.5. The second-order valence-electron chi connectivity index (χ2n) is 7.29. The van der Waals surface area contributed by atoms with E-state index in [9.17, 15) is 0 Å². The van der Waals surface area contributed by atoms with E-state index in [1.165, 1.54) is 44.5 Å². The van der Waals surface area contributed by atoms with E-state index in [4.69, 9.17) is 4.99 Å². The van der Waals surface area contributed by atoms with Crippen molar-refractivity contribution in [3.8, 4) is 0 Å². The minimum atomic E-state index is 0.558. The zero-order chi connectivity index (χ0) is 14.3. The molecule has 20 heavy (non-hydrogen) atoms. The van der Waals surface area contributed by atoms with Crippen molar-refractivity contribution in [3.63, 3.8) is 0 Å². The maximum atomic E-state index is 5.19. The summed E-state index contributed by atoms with van der Waals surface area (Å²) in [6.07, 6.45) is 7.63. The van der Waals surface area contributed by atoms with E-state index < -0.39 is 0 Å². The zero-order valence-electron chi connectivity index (χ0n) is 13.5. The van der Waals surface area contributed by atoms with Gasteiger partial charge in [-0.1, -0.05) is 6.42 Å². The summed E-state index contributed by atoms with van der Waals surface area (Å²) < 4.78 is 0. The molecule has 5 unspecified atom stereocenters. The van der Waals surface area contributed by atoms with Crippen LogP contribution in [0.4, 0.5) is 0 Å². The minimum Gasteiger partial charge on any atom is -0.367 e. The van der Waals surface area contributed by atoms with E-state index in [1.807, 2.05) is 0 Å². The Balaban J connectivity index is 1.87. The maximum Gasteiger partial charge on any atom is 0.147 e. The molecule has 3 fully saturated rings. The number of rotatable bonds is 1. The highest BCUT2D eigenvalue weighted by Gasteiger charge is 2.51. The molecule has 0 bridgehead atoms. The number of aliphatic imine (C=N–C) groups is 1. The number of nitrogens with zero attached hydrogens (tertiary/aromatic N) is 3. The van der Waals surface area contributed by atoms with E-state index in [-0.39, 0.29) is 0 Å². The van der Waals surface area contributed by atoms with Crippen LogP contribution < -0.4 is 5.32 Å². The number of likely N-dealkylation sites (tertiary alicyclic amines) is 1. The lowest BCUT2D eigenvalue weighted by Gasteiger charge is -2.44. The molecule has 114 valence electrons. The predicted molar refractivity (Wildman–Crippen MR) is 82.8 cm³/mol. The van der Waals surface area contributed by atoms with Crippen LogP contribution in [-0.4, -0.2) is 61.6 Å². The summed E-state index contributed by atoms with van der Waals surface area (Å²) >= 11 is 0. The first-order chi connectivity index (χ1) is 9.58. The molecule has 5 atom stereocenters. The summed E-state index contributed by atoms with van der Waals surface area (Å²) in [6.45, 7) is 3.42. The van der Waals surface area contributed by atoms with Crippen molar-refractivity contribution in [1.29, 1.82) is 0 Å². The maximum absolute atomic E-state index is 5.19. The van der Waals surface area contributed by atoms with Crippen LogP contribution in [0.2, 0.25) is 0 Å². The van der Waals surface area contributed by atoms with Gasteiger partial charge >= 0.3 is 0 Å². The molecule has 0 aromatic rings. The third-order valence-electron chi connectivity index (χ3n) is 5.94. The molecular formula is C16H31N4+. The van der Waals surface area contributed by atoms with Gasteiger partial charge in [0.2, 0.25) is 0 Å². The summed E-state index contributed by atoms with van der Waals surface area (Å²) in [5.41, 5.74) is 0. The Morgan fingerprint density at radius 3 is 2.65 bits per heavy atom. The normalized spacial score (nSPS) is 42.2. The molecule has 0 spiro atoms. The number of amidine groups is 1. The lowest BCUT2D eigenvalue weighted by atomic mass is 9.71. The first-order valence-corrected chi connectivity index (χ1v) is 8.35. The predicted octanol–water partition coefficient (Wildman–Crippen LogP) is 0.749. The molecule has 4 heteroatoms. The van der Waals surface area contributed by atoms with Crippen molar-refractivity contribution in [3.05, 3.63) is 0 Å². The van der Waals surface area contributed by atoms with Gasteiger partial charge in [0, 0.05) is 32.5 Å². The SMILES string of the molecule is CC(=NC1C2CCCCC2[NH2+]C2C1CCN2C)N(C)C. The number of nitrogens with two attached hydrogens (primary N) is 1. The quantitative estimate of drug-likeness (QED) is 0.568. The Kier molecular flexibility index (Phi) is 4.04. The Morgan fingerprint density at radius 1 is 1.15 bits per heavy atom. The van der Waals surface area contributed by atoms with Crippen LogP contribution in [-0.2, 0) is 0 Å². The number of piperidine rings is 1. The molecule has 1 aliphatic carbocycles. The van der Waals surface area contributed by atoms with Crippen molar-refractivity contribution in [2.75, 3.05) is 27.7 Å². The van der Waals surface area contributed by atoms with Gasteiger partial charge < -0.3 is 10.2 Å². The highest BCUT2D eigenvalue weighted by molar-refractivity contribution is 5.79. The molecule has 3 rings (SSSR count). The number of quaternary nitrogens is 1. The molecule has 0 amide bonds. The van der Waals surface area contributed by atoms with Crippen molar-refractivity contribution >= 4 is 5.84 Å². The lowest BCUT2D eigenvalue weighted by molar-refractivity contribution is -0.759. The first kappa shape index (κ1) is 14.3. The Labute approximate surface area is 123 Å². The number of hydrogen-bond donors (Lipinski definition) is 1. The third-order valence-corrected chi connectivity index (χ3v) is 5.94. The Hall–Kier alpha value is -0.610. The Morgan fingerprint density at radius 2 is 1.90 bits per heavy atom. The summed E-state index contributed by atoms with van der Waals surface area (Å²) in [5, 5.41) is 2.69. The highest BCUT2D eigenvalue weighted by atomic mass is 15.3. The monoisotopic (exact) mass is 279 g/mol. The average molecular weight is 279 g/mol. The molecule has 2 N–H and O–H groups in total. The topological polar surface area (TPSA) is 35.5 Å². The number of hydrogen-bond acceptors (Lipinski definition) is 2. The van der Waals surface area contributed by atoms with Gasteiger partial charge in [0.05, 0.1) is 17.9 Å². The van der Waals surface area contributed by atoms with Crippen LogP contribution in [0.3, 0.4) is 0 Å². The van der Waals surface area contributed by atoms with E-state index >= 15 is 0 Å². The lowest BCUT2D eigenvalue weighted by Crippen LogP contribution is -3.02. The molecule has 0 aromatic carbocycles.